The van der Waals surface area contributed by atoms with Crippen LogP contribution in [0.3, 0.4) is 0 Å². The van der Waals surface area contributed by atoms with Gasteiger partial charge < -0.3 is 9.88 Å². The molecule has 4 aromatic rings. The number of fused-ring (bicyclic) bond motifs is 1. The van der Waals surface area contributed by atoms with Gasteiger partial charge in [0.2, 0.25) is 0 Å². The first kappa shape index (κ1) is 25.6. The fourth-order valence-electron chi connectivity index (χ4n) is 6.25. The second kappa shape index (κ2) is 10.5. The molecule has 4 heterocycles. The van der Waals surface area contributed by atoms with Crippen LogP contribution in [0, 0.1) is 17.1 Å². The van der Waals surface area contributed by atoms with Crippen LogP contribution in [0.2, 0.25) is 0 Å². The molecule has 0 unspecified atom stereocenters. The highest BCUT2D eigenvalue weighted by Crippen LogP contribution is 2.45. The molecule has 0 atom stereocenters. The summed E-state index contributed by atoms with van der Waals surface area (Å²) in [7, 11) is 4.00. The topological polar surface area (TPSA) is 92.9 Å². The molecule has 3 aromatic heterocycles. The minimum absolute atomic E-state index is 0.162. The molecule has 2 fully saturated rings. The number of nitrogens with zero attached hydrogens (tertiary/aromatic N) is 8. The lowest BCUT2D eigenvalue weighted by atomic mass is 9.70. The Kier molecular flexibility index (Phi) is 6.89. The number of nitrogens with one attached hydrogen (secondary N) is 1. The van der Waals surface area contributed by atoms with Gasteiger partial charge in [-0.2, -0.15) is 10.4 Å². The van der Waals surface area contributed by atoms with Gasteiger partial charge in [-0.25, -0.2) is 14.4 Å². The third kappa shape index (κ3) is 5.17. The van der Waals surface area contributed by atoms with Crippen LogP contribution in [0.15, 0.2) is 49.2 Å². The van der Waals surface area contributed by atoms with Crippen LogP contribution in [-0.4, -0.2) is 85.7 Å². The number of piperazine rings is 1. The van der Waals surface area contributed by atoms with E-state index in [1.165, 1.54) is 0 Å². The van der Waals surface area contributed by atoms with E-state index >= 15 is 0 Å². The molecule has 39 heavy (non-hydrogen) atoms. The minimum Gasteiger partial charge on any atom is -0.346 e. The van der Waals surface area contributed by atoms with Crippen LogP contribution >= 0.6 is 0 Å². The summed E-state index contributed by atoms with van der Waals surface area (Å²) in [6.45, 7) is 5.36. The quantitative estimate of drug-likeness (QED) is 0.374. The van der Waals surface area contributed by atoms with Gasteiger partial charge in [0.25, 0.3) is 0 Å². The van der Waals surface area contributed by atoms with Crippen LogP contribution in [0.4, 0.5) is 4.39 Å². The Morgan fingerprint density at radius 1 is 1.13 bits per heavy atom. The molecule has 1 aromatic carbocycles. The number of benzene rings is 1. The van der Waals surface area contributed by atoms with E-state index in [4.69, 9.17) is 5.10 Å². The molecule has 0 bridgehead atoms. The van der Waals surface area contributed by atoms with E-state index in [9.17, 15) is 9.65 Å². The van der Waals surface area contributed by atoms with Gasteiger partial charge >= 0.3 is 0 Å². The highest BCUT2D eigenvalue weighted by Gasteiger charge is 2.49. The summed E-state index contributed by atoms with van der Waals surface area (Å²) in [5.74, 6) is -0.162. The van der Waals surface area contributed by atoms with E-state index in [1.807, 2.05) is 43.4 Å². The Hall–Kier alpha value is -3.65. The molecule has 1 saturated carbocycles. The maximum Gasteiger partial charge on any atom is 0.141 e. The monoisotopic (exact) mass is 527 g/mol. The molecule has 10 heteroatoms. The fraction of sp³-hybridized carbons (Fsp3) is 0.448. The minimum atomic E-state index is -0.288. The van der Waals surface area contributed by atoms with E-state index in [0.29, 0.717) is 12.5 Å². The standard InChI is InChI=1S/C29H34FN9/c1-36(2)17-21-11-22(13-24(30)12-21)18-37-7-9-38(10-8-37)25-14-29(15-25,4-5-31)39-19-23(16-35-39)27-26-3-6-32-28(26)34-20-33-27/h3,6,11-13,16,19-20,25H,4,7-10,14-15,17-18H2,1-2H3,(H,32,33,34)/t25-,29-. The van der Waals surface area contributed by atoms with Crippen LogP contribution in [0.1, 0.15) is 30.4 Å². The molecule has 202 valence electrons. The van der Waals surface area contributed by atoms with Crippen molar-refractivity contribution < 1.29 is 4.39 Å². The van der Waals surface area contributed by atoms with Crippen molar-refractivity contribution in [3.8, 4) is 17.3 Å². The molecule has 1 aliphatic carbocycles. The van der Waals surface area contributed by atoms with Gasteiger partial charge in [-0.05, 0) is 56.3 Å². The van der Waals surface area contributed by atoms with Crippen molar-refractivity contribution in [2.45, 2.75) is 43.9 Å². The molecule has 6 rings (SSSR count). The molecule has 0 radical (unpaired) electrons. The summed E-state index contributed by atoms with van der Waals surface area (Å²) in [5.41, 5.74) is 4.33. The number of rotatable bonds is 8. The predicted molar refractivity (Wildman–Crippen MR) is 147 cm³/mol. The zero-order valence-corrected chi connectivity index (χ0v) is 22.5. The van der Waals surface area contributed by atoms with Gasteiger partial charge in [0.05, 0.1) is 29.9 Å². The van der Waals surface area contributed by atoms with Crippen LogP contribution in [0.5, 0.6) is 0 Å². The first-order valence-corrected chi connectivity index (χ1v) is 13.5. The summed E-state index contributed by atoms with van der Waals surface area (Å²) < 4.78 is 16.2. The predicted octanol–water partition coefficient (Wildman–Crippen LogP) is 3.61. The second-order valence-electron chi connectivity index (χ2n) is 11.3. The van der Waals surface area contributed by atoms with E-state index in [0.717, 1.165) is 85.5 Å². The zero-order valence-electron chi connectivity index (χ0n) is 22.5. The SMILES string of the molecule is CN(C)Cc1cc(F)cc(CN2CCN([C@H]3C[C@](CC#N)(n4cc(-c5ncnc6[nH]ccc56)cn4)C3)CC2)c1. The van der Waals surface area contributed by atoms with Gasteiger partial charge in [-0.3, -0.25) is 14.5 Å². The van der Waals surface area contributed by atoms with E-state index in [2.05, 4.69) is 41.8 Å². The first-order valence-electron chi connectivity index (χ1n) is 13.5. The molecule has 0 amide bonds. The Morgan fingerprint density at radius 2 is 1.92 bits per heavy atom. The molecule has 9 nitrogen and oxygen atoms in total. The number of H-pyrrole nitrogens is 1. The number of nitriles is 1. The van der Waals surface area contributed by atoms with Gasteiger partial charge in [0, 0.05) is 68.7 Å². The molecule has 1 saturated heterocycles. The van der Waals surface area contributed by atoms with Crippen molar-refractivity contribution in [1.82, 2.24) is 39.4 Å². The van der Waals surface area contributed by atoms with Crippen molar-refractivity contribution in [3.05, 3.63) is 66.1 Å². The normalized spacial score (nSPS) is 22.3. The maximum atomic E-state index is 14.2. The lowest BCUT2D eigenvalue weighted by Gasteiger charge is -2.52. The van der Waals surface area contributed by atoms with Crippen LogP contribution in [0.25, 0.3) is 22.3 Å². The number of halogens is 1. The highest BCUT2D eigenvalue weighted by atomic mass is 19.1. The Balaban J connectivity index is 1.08. The molecule has 1 aliphatic heterocycles. The smallest absolute Gasteiger partial charge is 0.141 e. The van der Waals surface area contributed by atoms with E-state index in [-0.39, 0.29) is 11.4 Å². The summed E-state index contributed by atoms with van der Waals surface area (Å²) >= 11 is 0. The molecule has 1 N–H and O–H groups in total. The second-order valence-corrected chi connectivity index (χ2v) is 11.3. The number of hydrogen-bond acceptors (Lipinski definition) is 7. The Labute approximate surface area is 227 Å². The van der Waals surface area contributed by atoms with Gasteiger partial charge in [-0.1, -0.05) is 6.07 Å². The van der Waals surface area contributed by atoms with Crippen molar-refractivity contribution in [1.29, 1.82) is 5.26 Å². The maximum absolute atomic E-state index is 14.2. The third-order valence-electron chi connectivity index (χ3n) is 8.18. The van der Waals surface area contributed by atoms with Gasteiger partial charge in [0.15, 0.2) is 0 Å². The zero-order chi connectivity index (χ0) is 27.0. The lowest BCUT2D eigenvalue weighted by Crippen LogP contribution is -2.60. The number of aromatic nitrogens is 5. The van der Waals surface area contributed by atoms with E-state index in [1.54, 1.807) is 18.5 Å². The number of hydrogen-bond donors (Lipinski definition) is 1. The molecular weight excluding hydrogens is 493 g/mol. The summed E-state index contributed by atoms with van der Waals surface area (Å²) in [4.78, 5) is 18.9. The fourth-order valence-corrected chi connectivity index (χ4v) is 6.25. The van der Waals surface area contributed by atoms with Crippen molar-refractivity contribution >= 4 is 11.0 Å². The molecule has 2 aliphatic rings. The third-order valence-corrected chi connectivity index (χ3v) is 8.18. The van der Waals surface area contributed by atoms with Gasteiger partial charge in [0.1, 0.15) is 17.8 Å². The number of aromatic amines is 1. The molecular formula is C29H34FN9. The molecule has 0 spiro atoms. The largest absolute Gasteiger partial charge is 0.346 e. The van der Waals surface area contributed by atoms with Crippen molar-refractivity contribution in [3.63, 3.8) is 0 Å². The van der Waals surface area contributed by atoms with Crippen LogP contribution < -0.4 is 0 Å². The van der Waals surface area contributed by atoms with Gasteiger partial charge in [-0.15, -0.1) is 0 Å². The van der Waals surface area contributed by atoms with Crippen molar-refractivity contribution in [2.24, 2.45) is 0 Å². The summed E-state index contributed by atoms with van der Waals surface area (Å²) in [6, 6.07) is 10.2. The summed E-state index contributed by atoms with van der Waals surface area (Å²) in [6.07, 6.45) is 9.54. The lowest BCUT2D eigenvalue weighted by molar-refractivity contribution is -0.0191. The Morgan fingerprint density at radius 3 is 2.69 bits per heavy atom. The average Bonchev–Trinajstić information content (AvgIpc) is 3.56. The Bertz CT molecular complexity index is 1490. The average molecular weight is 528 g/mol. The van der Waals surface area contributed by atoms with E-state index < -0.39 is 0 Å². The highest BCUT2D eigenvalue weighted by molar-refractivity contribution is 5.89. The summed E-state index contributed by atoms with van der Waals surface area (Å²) in [5, 5.41) is 15.3. The van der Waals surface area contributed by atoms with Crippen LogP contribution in [-0.2, 0) is 18.6 Å². The first-order chi connectivity index (χ1) is 18.9. The van der Waals surface area contributed by atoms with Crippen molar-refractivity contribution in [2.75, 3.05) is 40.3 Å².